The van der Waals surface area contributed by atoms with Crippen molar-refractivity contribution >= 4 is 5.97 Å². The van der Waals surface area contributed by atoms with Gasteiger partial charge in [0.05, 0.1) is 17.5 Å². The molecule has 0 saturated carbocycles. The van der Waals surface area contributed by atoms with Crippen LogP contribution in [0.15, 0.2) is 59.3 Å². The summed E-state index contributed by atoms with van der Waals surface area (Å²) in [5.74, 6) is -0.467. The van der Waals surface area contributed by atoms with Gasteiger partial charge in [0.25, 0.3) is 0 Å². The van der Waals surface area contributed by atoms with Crippen molar-refractivity contribution in [3.63, 3.8) is 0 Å². The molecule has 0 atom stereocenters. The van der Waals surface area contributed by atoms with Gasteiger partial charge in [-0.05, 0) is 17.7 Å². The standard InChI is InChI=1S/C15H11NO3/c17-15(18)13-11(10-5-2-1-3-6-10)9-16-14(13)12-7-4-8-19-12/h1-9,16H,(H,17,18). The summed E-state index contributed by atoms with van der Waals surface area (Å²) in [4.78, 5) is 14.5. The molecule has 19 heavy (non-hydrogen) atoms. The number of aromatic nitrogens is 1. The van der Waals surface area contributed by atoms with Gasteiger partial charge in [-0.25, -0.2) is 4.79 Å². The van der Waals surface area contributed by atoms with Gasteiger partial charge < -0.3 is 14.5 Å². The summed E-state index contributed by atoms with van der Waals surface area (Å²) in [6.07, 6.45) is 3.21. The molecule has 1 aromatic carbocycles. The van der Waals surface area contributed by atoms with Crippen molar-refractivity contribution in [3.8, 4) is 22.6 Å². The minimum atomic E-state index is -0.980. The van der Waals surface area contributed by atoms with Crippen molar-refractivity contribution in [2.75, 3.05) is 0 Å². The molecule has 0 unspecified atom stereocenters. The Bertz CT molecular complexity index is 696. The van der Waals surface area contributed by atoms with Crippen molar-refractivity contribution in [1.29, 1.82) is 0 Å². The quantitative estimate of drug-likeness (QED) is 0.748. The van der Waals surface area contributed by atoms with E-state index in [1.54, 1.807) is 18.3 Å². The number of aromatic amines is 1. The van der Waals surface area contributed by atoms with Crippen LogP contribution < -0.4 is 0 Å². The van der Waals surface area contributed by atoms with Gasteiger partial charge in [0.2, 0.25) is 0 Å². The van der Waals surface area contributed by atoms with Gasteiger partial charge in [-0.2, -0.15) is 0 Å². The molecule has 0 aliphatic rings. The molecule has 0 saturated heterocycles. The lowest BCUT2D eigenvalue weighted by Crippen LogP contribution is -1.99. The normalized spacial score (nSPS) is 10.5. The molecule has 0 amide bonds. The number of hydrogen-bond acceptors (Lipinski definition) is 2. The molecule has 4 heteroatoms. The van der Waals surface area contributed by atoms with Crippen molar-refractivity contribution in [3.05, 3.63) is 60.5 Å². The number of rotatable bonds is 3. The number of aromatic carboxylic acids is 1. The highest BCUT2D eigenvalue weighted by atomic mass is 16.4. The molecule has 94 valence electrons. The molecule has 2 N–H and O–H groups in total. The number of nitrogens with one attached hydrogen (secondary N) is 1. The van der Waals surface area contributed by atoms with Crippen LogP contribution in [0.1, 0.15) is 10.4 Å². The van der Waals surface area contributed by atoms with E-state index in [2.05, 4.69) is 4.98 Å². The van der Waals surface area contributed by atoms with Crippen LogP contribution in [0.5, 0.6) is 0 Å². The molecule has 2 aromatic heterocycles. The van der Waals surface area contributed by atoms with E-state index in [1.165, 1.54) is 6.26 Å². The zero-order valence-electron chi connectivity index (χ0n) is 9.96. The molecule has 3 rings (SSSR count). The Morgan fingerprint density at radius 3 is 2.53 bits per heavy atom. The van der Waals surface area contributed by atoms with Crippen molar-refractivity contribution < 1.29 is 14.3 Å². The molecule has 0 aliphatic carbocycles. The number of carboxylic acids is 1. The molecule has 0 spiro atoms. The lowest BCUT2D eigenvalue weighted by molar-refractivity contribution is 0.0698. The average molecular weight is 253 g/mol. The molecule has 4 nitrogen and oxygen atoms in total. The fourth-order valence-electron chi connectivity index (χ4n) is 2.11. The Kier molecular flexibility index (Phi) is 2.68. The molecule has 0 fully saturated rings. The summed E-state index contributed by atoms with van der Waals surface area (Å²) in [7, 11) is 0. The molecular formula is C15H11NO3. The van der Waals surface area contributed by atoms with Gasteiger partial charge in [0, 0.05) is 11.8 Å². The molecule has 3 aromatic rings. The van der Waals surface area contributed by atoms with Gasteiger partial charge in [-0.1, -0.05) is 30.3 Å². The summed E-state index contributed by atoms with van der Waals surface area (Å²) >= 11 is 0. The number of benzene rings is 1. The van der Waals surface area contributed by atoms with E-state index < -0.39 is 5.97 Å². The van der Waals surface area contributed by atoms with E-state index in [9.17, 15) is 9.90 Å². The van der Waals surface area contributed by atoms with Crippen LogP contribution >= 0.6 is 0 Å². The van der Waals surface area contributed by atoms with Crippen LogP contribution in [0.2, 0.25) is 0 Å². The van der Waals surface area contributed by atoms with Crippen LogP contribution in [-0.4, -0.2) is 16.1 Å². The van der Waals surface area contributed by atoms with Crippen LogP contribution in [0.4, 0.5) is 0 Å². The Morgan fingerprint density at radius 2 is 1.89 bits per heavy atom. The molecule has 0 bridgehead atoms. The minimum Gasteiger partial charge on any atom is -0.478 e. The Labute approximate surface area is 109 Å². The zero-order valence-corrected chi connectivity index (χ0v) is 9.96. The van der Waals surface area contributed by atoms with Crippen LogP contribution in [0, 0.1) is 0 Å². The second-order valence-corrected chi connectivity index (χ2v) is 4.10. The third-order valence-corrected chi connectivity index (χ3v) is 2.95. The number of furan rings is 1. The third kappa shape index (κ3) is 1.93. The first-order valence-electron chi connectivity index (χ1n) is 5.81. The van der Waals surface area contributed by atoms with E-state index in [0.29, 0.717) is 17.0 Å². The van der Waals surface area contributed by atoms with Crippen LogP contribution in [-0.2, 0) is 0 Å². The number of carbonyl (C=O) groups is 1. The number of hydrogen-bond donors (Lipinski definition) is 2. The molecule has 0 radical (unpaired) electrons. The maximum atomic E-state index is 11.5. The van der Waals surface area contributed by atoms with Gasteiger partial charge >= 0.3 is 5.97 Å². The maximum Gasteiger partial charge on any atom is 0.338 e. The highest BCUT2D eigenvalue weighted by Gasteiger charge is 2.21. The predicted molar refractivity (Wildman–Crippen MR) is 70.9 cm³/mol. The van der Waals surface area contributed by atoms with E-state index in [1.807, 2.05) is 30.3 Å². The van der Waals surface area contributed by atoms with E-state index in [0.717, 1.165) is 5.56 Å². The third-order valence-electron chi connectivity index (χ3n) is 2.95. The summed E-state index contributed by atoms with van der Waals surface area (Å²) in [5, 5.41) is 9.43. The Morgan fingerprint density at radius 1 is 1.11 bits per heavy atom. The second kappa shape index (κ2) is 4.49. The lowest BCUT2D eigenvalue weighted by Gasteiger charge is -2.01. The van der Waals surface area contributed by atoms with Crippen LogP contribution in [0.25, 0.3) is 22.6 Å². The first-order chi connectivity index (χ1) is 9.27. The molecular weight excluding hydrogens is 242 g/mol. The van der Waals surface area contributed by atoms with Crippen LogP contribution in [0.3, 0.4) is 0 Å². The van der Waals surface area contributed by atoms with E-state index in [-0.39, 0.29) is 5.56 Å². The summed E-state index contributed by atoms with van der Waals surface area (Å²) in [6, 6.07) is 12.9. The van der Waals surface area contributed by atoms with E-state index >= 15 is 0 Å². The van der Waals surface area contributed by atoms with Gasteiger partial charge in [-0.3, -0.25) is 0 Å². The van der Waals surface area contributed by atoms with Gasteiger partial charge in [0.1, 0.15) is 0 Å². The minimum absolute atomic E-state index is 0.223. The SMILES string of the molecule is O=C(O)c1c(-c2ccccc2)c[nH]c1-c1ccco1. The van der Waals surface area contributed by atoms with E-state index in [4.69, 9.17) is 4.42 Å². The fraction of sp³-hybridized carbons (Fsp3) is 0. The first kappa shape index (κ1) is 11.3. The van der Waals surface area contributed by atoms with Gasteiger partial charge in [-0.15, -0.1) is 0 Å². The highest BCUT2D eigenvalue weighted by molar-refractivity contribution is 6.02. The predicted octanol–water partition coefficient (Wildman–Crippen LogP) is 3.64. The summed E-state index contributed by atoms with van der Waals surface area (Å²) in [6.45, 7) is 0. The first-order valence-corrected chi connectivity index (χ1v) is 5.81. The van der Waals surface area contributed by atoms with Gasteiger partial charge in [0.15, 0.2) is 5.76 Å². The Balaban J connectivity index is 2.20. The second-order valence-electron chi connectivity index (χ2n) is 4.10. The average Bonchev–Trinajstić information content (AvgIpc) is 3.08. The summed E-state index contributed by atoms with van der Waals surface area (Å²) < 4.78 is 5.26. The Hall–Kier alpha value is -2.75. The van der Waals surface area contributed by atoms with Crippen molar-refractivity contribution in [2.45, 2.75) is 0 Å². The summed E-state index contributed by atoms with van der Waals surface area (Å²) in [5.41, 5.74) is 2.21. The fourth-order valence-corrected chi connectivity index (χ4v) is 2.11. The molecule has 2 heterocycles. The van der Waals surface area contributed by atoms with Crippen molar-refractivity contribution in [1.82, 2.24) is 4.98 Å². The van der Waals surface area contributed by atoms with Crippen molar-refractivity contribution in [2.24, 2.45) is 0 Å². The monoisotopic (exact) mass is 253 g/mol. The maximum absolute atomic E-state index is 11.5. The highest BCUT2D eigenvalue weighted by Crippen LogP contribution is 2.32. The number of carboxylic acid groups (broad SMARTS) is 1. The topological polar surface area (TPSA) is 66.2 Å². The molecule has 0 aliphatic heterocycles. The number of H-pyrrole nitrogens is 1. The zero-order chi connectivity index (χ0) is 13.2. The smallest absolute Gasteiger partial charge is 0.338 e. The lowest BCUT2D eigenvalue weighted by atomic mass is 10.0. The largest absolute Gasteiger partial charge is 0.478 e.